The van der Waals surface area contributed by atoms with Gasteiger partial charge in [-0.1, -0.05) is 25.4 Å². The molecule has 0 fully saturated rings. The molecule has 0 aliphatic heterocycles. The molecule has 0 spiro atoms. The second-order valence-corrected chi connectivity index (χ2v) is 4.33. The quantitative estimate of drug-likeness (QED) is 0.857. The molecule has 1 rings (SSSR count). The number of carboxylic acid groups (broad SMARTS) is 1. The van der Waals surface area contributed by atoms with Crippen molar-refractivity contribution in [2.24, 2.45) is 5.92 Å². The van der Waals surface area contributed by atoms with Crippen LogP contribution in [0, 0.1) is 5.92 Å². The molecular weight excluding hydrogens is 244 g/mol. The van der Waals surface area contributed by atoms with Gasteiger partial charge in [-0.25, -0.2) is 4.79 Å². The van der Waals surface area contributed by atoms with Crippen molar-refractivity contribution in [1.82, 2.24) is 10.3 Å². The number of hydrogen-bond acceptors (Lipinski definition) is 3. The van der Waals surface area contributed by atoms with E-state index in [-0.39, 0.29) is 11.6 Å². The zero-order valence-corrected chi connectivity index (χ0v) is 10.2. The summed E-state index contributed by atoms with van der Waals surface area (Å²) >= 11 is 5.71. The molecule has 1 atom stereocenters. The number of nitrogens with zero attached hydrogens (tertiary/aromatic N) is 1. The summed E-state index contributed by atoms with van der Waals surface area (Å²) in [6.45, 7) is 3.43. The molecule has 0 aliphatic rings. The molecule has 1 aromatic rings. The summed E-state index contributed by atoms with van der Waals surface area (Å²) in [5.41, 5.74) is 0.101. The predicted molar refractivity (Wildman–Crippen MR) is 63.0 cm³/mol. The number of rotatable bonds is 4. The number of pyridine rings is 1. The van der Waals surface area contributed by atoms with Crippen LogP contribution in [-0.2, 0) is 4.79 Å². The molecule has 2 N–H and O–H groups in total. The molecule has 92 valence electrons. The first-order valence-electron chi connectivity index (χ1n) is 5.07. The van der Waals surface area contributed by atoms with Gasteiger partial charge < -0.3 is 10.4 Å². The van der Waals surface area contributed by atoms with E-state index >= 15 is 0 Å². The molecule has 0 bridgehead atoms. The second kappa shape index (κ2) is 5.63. The summed E-state index contributed by atoms with van der Waals surface area (Å²) in [5.74, 6) is -1.83. The van der Waals surface area contributed by atoms with Gasteiger partial charge in [-0.15, -0.1) is 0 Å². The average Bonchev–Trinajstić information content (AvgIpc) is 2.24. The first-order chi connectivity index (χ1) is 7.91. The summed E-state index contributed by atoms with van der Waals surface area (Å²) in [4.78, 5) is 26.5. The lowest BCUT2D eigenvalue weighted by Crippen LogP contribution is -2.44. The van der Waals surface area contributed by atoms with Crippen LogP contribution >= 0.6 is 11.6 Å². The average molecular weight is 257 g/mol. The fraction of sp³-hybridized carbons (Fsp3) is 0.364. The maximum atomic E-state index is 11.7. The van der Waals surface area contributed by atoms with Crippen LogP contribution in [-0.4, -0.2) is 28.0 Å². The van der Waals surface area contributed by atoms with Crippen molar-refractivity contribution in [3.05, 3.63) is 29.0 Å². The van der Waals surface area contributed by atoms with E-state index in [1.807, 2.05) is 0 Å². The van der Waals surface area contributed by atoms with Gasteiger partial charge in [0, 0.05) is 11.2 Å². The number of nitrogens with one attached hydrogen (secondary N) is 1. The van der Waals surface area contributed by atoms with Crippen LogP contribution in [0.25, 0.3) is 0 Å². The van der Waals surface area contributed by atoms with E-state index in [0.717, 1.165) is 0 Å². The topological polar surface area (TPSA) is 79.3 Å². The molecule has 0 radical (unpaired) electrons. The first-order valence-corrected chi connectivity index (χ1v) is 5.45. The Bertz CT molecular complexity index is 434. The van der Waals surface area contributed by atoms with Crippen LogP contribution in [0.2, 0.25) is 5.02 Å². The van der Waals surface area contributed by atoms with Crippen LogP contribution in [0.3, 0.4) is 0 Å². The summed E-state index contributed by atoms with van der Waals surface area (Å²) in [6, 6.07) is 1.98. The minimum absolute atomic E-state index is 0.101. The predicted octanol–water partition coefficient (Wildman–Crippen LogP) is 1.57. The Morgan fingerprint density at radius 2 is 2.12 bits per heavy atom. The first kappa shape index (κ1) is 13.4. The third kappa shape index (κ3) is 3.71. The van der Waals surface area contributed by atoms with Crippen LogP contribution < -0.4 is 5.32 Å². The van der Waals surface area contributed by atoms with Crippen LogP contribution in [0.4, 0.5) is 0 Å². The van der Waals surface area contributed by atoms with Crippen LogP contribution in [0.5, 0.6) is 0 Å². The van der Waals surface area contributed by atoms with Crippen molar-refractivity contribution in [1.29, 1.82) is 0 Å². The lowest BCUT2D eigenvalue weighted by atomic mass is 10.0. The van der Waals surface area contributed by atoms with Gasteiger partial charge in [0.15, 0.2) is 0 Å². The molecule has 0 aliphatic carbocycles. The highest BCUT2D eigenvalue weighted by Gasteiger charge is 2.24. The van der Waals surface area contributed by atoms with Crippen molar-refractivity contribution >= 4 is 23.5 Å². The maximum absolute atomic E-state index is 11.7. The normalized spacial score (nSPS) is 12.2. The Balaban J connectivity index is 2.81. The van der Waals surface area contributed by atoms with E-state index in [4.69, 9.17) is 16.7 Å². The summed E-state index contributed by atoms with van der Waals surface area (Å²) in [5, 5.41) is 11.7. The van der Waals surface area contributed by atoms with Crippen molar-refractivity contribution in [2.45, 2.75) is 19.9 Å². The fourth-order valence-electron chi connectivity index (χ4n) is 1.26. The van der Waals surface area contributed by atoms with Gasteiger partial charge in [0.05, 0.1) is 0 Å². The number of hydrogen-bond donors (Lipinski definition) is 2. The standard InChI is InChI=1S/C11H13ClN2O3/c1-6(2)9(11(16)17)14-10(15)8-5-7(12)3-4-13-8/h3-6,9H,1-2H3,(H,14,15)(H,16,17)/t9-/m1/s1. The van der Waals surface area contributed by atoms with Crippen LogP contribution in [0.1, 0.15) is 24.3 Å². The number of halogens is 1. The minimum atomic E-state index is -1.07. The summed E-state index contributed by atoms with van der Waals surface area (Å²) in [6.07, 6.45) is 1.39. The van der Waals surface area contributed by atoms with Crippen molar-refractivity contribution in [3.63, 3.8) is 0 Å². The number of aromatic nitrogens is 1. The molecule has 17 heavy (non-hydrogen) atoms. The van der Waals surface area contributed by atoms with Crippen molar-refractivity contribution < 1.29 is 14.7 Å². The Morgan fingerprint density at radius 3 is 2.59 bits per heavy atom. The number of carbonyl (C=O) groups is 2. The highest BCUT2D eigenvalue weighted by atomic mass is 35.5. The third-order valence-corrected chi connectivity index (χ3v) is 2.41. The third-order valence-electron chi connectivity index (χ3n) is 2.17. The summed E-state index contributed by atoms with van der Waals surface area (Å²) < 4.78 is 0. The van der Waals surface area contributed by atoms with Crippen molar-refractivity contribution in [2.75, 3.05) is 0 Å². The molecule has 0 aromatic carbocycles. The Kier molecular flexibility index (Phi) is 4.45. The molecule has 1 heterocycles. The zero-order chi connectivity index (χ0) is 13.0. The summed E-state index contributed by atoms with van der Waals surface area (Å²) in [7, 11) is 0. The SMILES string of the molecule is CC(C)[C@@H](NC(=O)c1cc(Cl)ccn1)C(=O)O. The van der Waals surface area contributed by atoms with Gasteiger partial charge in [-0.3, -0.25) is 9.78 Å². The Labute approximate surface area is 104 Å². The van der Waals surface area contributed by atoms with E-state index in [1.54, 1.807) is 13.8 Å². The smallest absolute Gasteiger partial charge is 0.326 e. The van der Waals surface area contributed by atoms with E-state index < -0.39 is 17.9 Å². The molecule has 5 nitrogen and oxygen atoms in total. The van der Waals surface area contributed by atoms with Gasteiger partial charge in [0.1, 0.15) is 11.7 Å². The second-order valence-electron chi connectivity index (χ2n) is 3.89. The van der Waals surface area contributed by atoms with Gasteiger partial charge >= 0.3 is 5.97 Å². The van der Waals surface area contributed by atoms with Gasteiger partial charge in [0.2, 0.25) is 0 Å². The minimum Gasteiger partial charge on any atom is -0.480 e. The van der Waals surface area contributed by atoms with E-state index in [2.05, 4.69) is 10.3 Å². The molecule has 6 heteroatoms. The van der Waals surface area contributed by atoms with E-state index in [1.165, 1.54) is 18.3 Å². The Hall–Kier alpha value is -1.62. The van der Waals surface area contributed by atoms with Crippen molar-refractivity contribution in [3.8, 4) is 0 Å². The van der Waals surface area contributed by atoms with Crippen LogP contribution in [0.15, 0.2) is 18.3 Å². The number of aliphatic carboxylic acids is 1. The molecule has 1 amide bonds. The number of carboxylic acids is 1. The molecular formula is C11H13ClN2O3. The van der Waals surface area contributed by atoms with E-state index in [0.29, 0.717) is 5.02 Å². The molecule has 0 saturated heterocycles. The molecule has 1 aromatic heterocycles. The molecule has 0 saturated carbocycles. The van der Waals surface area contributed by atoms with Gasteiger partial charge in [0.25, 0.3) is 5.91 Å². The lowest BCUT2D eigenvalue weighted by molar-refractivity contribution is -0.140. The highest BCUT2D eigenvalue weighted by Crippen LogP contribution is 2.09. The maximum Gasteiger partial charge on any atom is 0.326 e. The Morgan fingerprint density at radius 1 is 1.47 bits per heavy atom. The van der Waals surface area contributed by atoms with Gasteiger partial charge in [-0.05, 0) is 18.1 Å². The molecule has 0 unspecified atom stereocenters. The number of carbonyl (C=O) groups excluding carboxylic acids is 1. The largest absolute Gasteiger partial charge is 0.480 e. The lowest BCUT2D eigenvalue weighted by Gasteiger charge is -2.17. The highest BCUT2D eigenvalue weighted by molar-refractivity contribution is 6.30. The van der Waals surface area contributed by atoms with E-state index in [9.17, 15) is 9.59 Å². The zero-order valence-electron chi connectivity index (χ0n) is 9.48. The number of amides is 1. The fourth-order valence-corrected chi connectivity index (χ4v) is 1.42. The monoisotopic (exact) mass is 256 g/mol. The van der Waals surface area contributed by atoms with Gasteiger partial charge in [-0.2, -0.15) is 0 Å².